The van der Waals surface area contributed by atoms with E-state index in [4.69, 9.17) is 4.74 Å². The third-order valence-corrected chi connectivity index (χ3v) is 7.04. The van der Waals surface area contributed by atoms with Crippen molar-refractivity contribution in [3.05, 3.63) is 29.8 Å². The van der Waals surface area contributed by atoms with Gasteiger partial charge in [0.05, 0.1) is 5.92 Å². The molecule has 3 rings (SSSR count). The zero-order valence-corrected chi connectivity index (χ0v) is 17.4. The molecule has 0 spiro atoms. The molecule has 0 unspecified atom stereocenters. The summed E-state index contributed by atoms with van der Waals surface area (Å²) in [5, 5.41) is 0. The van der Waals surface area contributed by atoms with Gasteiger partial charge < -0.3 is 4.74 Å². The smallest absolute Gasteiger partial charge is 0.314 e. The normalized spacial score (nSPS) is 28.7. The van der Waals surface area contributed by atoms with E-state index in [1.165, 1.54) is 63.4 Å². The Bertz CT molecular complexity index is 560. The van der Waals surface area contributed by atoms with Crippen molar-refractivity contribution in [3.8, 4) is 5.75 Å². The van der Waals surface area contributed by atoms with E-state index in [1.54, 1.807) is 0 Å². The molecule has 0 saturated heterocycles. The first kappa shape index (κ1) is 20.4. The predicted octanol–water partition coefficient (Wildman–Crippen LogP) is 6.96. The highest BCUT2D eigenvalue weighted by Crippen LogP contribution is 2.41. The molecule has 0 atom stereocenters. The average Bonchev–Trinajstić information content (AvgIpc) is 2.70. The number of benzene rings is 1. The van der Waals surface area contributed by atoms with Crippen LogP contribution in [0.15, 0.2) is 24.3 Å². The molecule has 2 aliphatic rings. The lowest BCUT2D eigenvalue weighted by Crippen LogP contribution is -2.29. The average molecular weight is 371 g/mol. The van der Waals surface area contributed by atoms with Gasteiger partial charge in [0.15, 0.2) is 0 Å². The number of ether oxygens (including phenoxy) is 1. The summed E-state index contributed by atoms with van der Waals surface area (Å²) in [5.74, 6) is 3.49. The van der Waals surface area contributed by atoms with Gasteiger partial charge in [0.1, 0.15) is 5.75 Å². The maximum Gasteiger partial charge on any atom is 0.314 e. The molecule has 2 fully saturated rings. The molecular weight excluding hydrogens is 332 g/mol. The van der Waals surface area contributed by atoms with Crippen LogP contribution in [0.2, 0.25) is 0 Å². The lowest BCUT2D eigenvalue weighted by molar-refractivity contribution is -0.140. The standard InChI is InChI=1S/C25H38O2/c1-3-4-5-6-20-9-17-24(18-10-20)27-25(26)23-15-13-22(14-16-23)21-11-7-19(2)8-12-21/h9-10,17-19,21-23H,3-8,11-16H2,1-2H3. The highest BCUT2D eigenvalue weighted by molar-refractivity contribution is 5.75. The summed E-state index contributed by atoms with van der Waals surface area (Å²) in [6, 6.07) is 8.15. The zero-order valence-electron chi connectivity index (χ0n) is 17.4. The SMILES string of the molecule is CCCCCc1ccc(OC(=O)C2CCC(C3CCC(C)CC3)CC2)cc1. The Morgan fingerprint density at radius 1 is 0.889 bits per heavy atom. The van der Waals surface area contributed by atoms with E-state index < -0.39 is 0 Å². The van der Waals surface area contributed by atoms with Crippen LogP contribution < -0.4 is 4.74 Å². The summed E-state index contributed by atoms with van der Waals surface area (Å²) in [7, 11) is 0. The first-order valence-corrected chi connectivity index (χ1v) is 11.5. The molecule has 2 aliphatic carbocycles. The minimum atomic E-state index is -0.00977. The molecule has 0 amide bonds. The van der Waals surface area contributed by atoms with Crippen molar-refractivity contribution in [3.63, 3.8) is 0 Å². The van der Waals surface area contributed by atoms with Crippen LogP contribution in [-0.2, 0) is 11.2 Å². The Balaban J connectivity index is 1.41. The summed E-state index contributed by atoms with van der Waals surface area (Å²) in [4.78, 5) is 12.6. The van der Waals surface area contributed by atoms with E-state index in [-0.39, 0.29) is 11.9 Å². The Hall–Kier alpha value is -1.31. The van der Waals surface area contributed by atoms with Gasteiger partial charge >= 0.3 is 5.97 Å². The second kappa shape index (κ2) is 10.3. The molecule has 2 saturated carbocycles. The third-order valence-electron chi connectivity index (χ3n) is 7.04. The fourth-order valence-corrected chi connectivity index (χ4v) is 5.09. The van der Waals surface area contributed by atoms with Crippen molar-refractivity contribution in [2.75, 3.05) is 0 Å². The van der Waals surface area contributed by atoms with Gasteiger partial charge in [0.2, 0.25) is 0 Å². The van der Waals surface area contributed by atoms with E-state index in [9.17, 15) is 4.79 Å². The number of carbonyl (C=O) groups excluding carboxylic acids is 1. The molecule has 0 N–H and O–H groups in total. The van der Waals surface area contributed by atoms with Gasteiger partial charge in [-0.15, -0.1) is 0 Å². The van der Waals surface area contributed by atoms with Gasteiger partial charge in [-0.3, -0.25) is 4.79 Å². The minimum absolute atomic E-state index is 0.00977. The molecule has 0 radical (unpaired) electrons. The molecule has 27 heavy (non-hydrogen) atoms. The van der Waals surface area contributed by atoms with Crippen molar-refractivity contribution in [1.82, 2.24) is 0 Å². The van der Waals surface area contributed by atoms with Gasteiger partial charge in [-0.25, -0.2) is 0 Å². The van der Waals surface area contributed by atoms with E-state index in [0.29, 0.717) is 5.75 Å². The Morgan fingerprint density at radius 2 is 1.48 bits per heavy atom. The van der Waals surface area contributed by atoms with Crippen molar-refractivity contribution in [2.24, 2.45) is 23.7 Å². The fourth-order valence-electron chi connectivity index (χ4n) is 5.09. The number of hydrogen-bond acceptors (Lipinski definition) is 2. The van der Waals surface area contributed by atoms with Crippen LogP contribution in [-0.4, -0.2) is 5.97 Å². The van der Waals surface area contributed by atoms with E-state index in [0.717, 1.165) is 37.0 Å². The molecule has 150 valence electrons. The van der Waals surface area contributed by atoms with Gasteiger partial charge in [-0.2, -0.15) is 0 Å². The number of unbranched alkanes of at least 4 members (excludes halogenated alkanes) is 2. The topological polar surface area (TPSA) is 26.3 Å². The Morgan fingerprint density at radius 3 is 2.07 bits per heavy atom. The summed E-state index contributed by atoms with van der Waals surface area (Å²) in [6.45, 7) is 4.62. The Kier molecular flexibility index (Phi) is 7.79. The fraction of sp³-hybridized carbons (Fsp3) is 0.720. The quantitative estimate of drug-likeness (QED) is 0.295. The van der Waals surface area contributed by atoms with Crippen LogP contribution in [0.5, 0.6) is 5.75 Å². The molecule has 0 aromatic heterocycles. The summed E-state index contributed by atoms with van der Waals surface area (Å²) < 4.78 is 5.69. The van der Waals surface area contributed by atoms with Crippen LogP contribution in [0.3, 0.4) is 0 Å². The summed E-state index contributed by atoms with van der Waals surface area (Å²) in [6.07, 6.45) is 15.0. The number of hydrogen-bond donors (Lipinski definition) is 0. The summed E-state index contributed by atoms with van der Waals surface area (Å²) >= 11 is 0. The van der Waals surface area contributed by atoms with Crippen molar-refractivity contribution in [1.29, 1.82) is 0 Å². The Labute approximate surface area is 166 Å². The number of esters is 1. The van der Waals surface area contributed by atoms with Gasteiger partial charge in [0, 0.05) is 0 Å². The molecular formula is C25H38O2. The van der Waals surface area contributed by atoms with Gasteiger partial charge in [0.25, 0.3) is 0 Å². The van der Waals surface area contributed by atoms with Crippen molar-refractivity contribution >= 4 is 5.97 Å². The predicted molar refractivity (Wildman–Crippen MR) is 112 cm³/mol. The second-order valence-electron chi connectivity index (χ2n) is 9.15. The highest BCUT2D eigenvalue weighted by atomic mass is 16.5. The van der Waals surface area contributed by atoms with Gasteiger partial charge in [-0.05, 0) is 86.8 Å². The van der Waals surface area contributed by atoms with E-state index >= 15 is 0 Å². The van der Waals surface area contributed by atoms with E-state index in [1.807, 2.05) is 12.1 Å². The molecule has 0 heterocycles. The monoisotopic (exact) mass is 370 g/mol. The molecule has 2 nitrogen and oxygen atoms in total. The molecule has 1 aromatic rings. The minimum Gasteiger partial charge on any atom is -0.426 e. The maximum atomic E-state index is 12.6. The van der Waals surface area contributed by atoms with E-state index in [2.05, 4.69) is 26.0 Å². The second-order valence-corrected chi connectivity index (χ2v) is 9.15. The van der Waals surface area contributed by atoms with Crippen LogP contribution in [0, 0.1) is 23.7 Å². The number of rotatable bonds is 7. The lowest BCUT2D eigenvalue weighted by atomic mass is 9.69. The van der Waals surface area contributed by atoms with Crippen LogP contribution in [0.1, 0.15) is 90.0 Å². The lowest BCUT2D eigenvalue weighted by Gasteiger charge is -2.36. The number of carbonyl (C=O) groups is 1. The van der Waals surface area contributed by atoms with Crippen molar-refractivity contribution < 1.29 is 9.53 Å². The largest absolute Gasteiger partial charge is 0.426 e. The first-order chi connectivity index (χ1) is 13.2. The highest BCUT2D eigenvalue weighted by Gasteiger charge is 2.33. The van der Waals surface area contributed by atoms with Crippen LogP contribution in [0.25, 0.3) is 0 Å². The van der Waals surface area contributed by atoms with Crippen LogP contribution >= 0.6 is 0 Å². The van der Waals surface area contributed by atoms with Crippen LogP contribution in [0.4, 0.5) is 0 Å². The van der Waals surface area contributed by atoms with Crippen molar-refractivity contribution in [2.45, 2.75) is 90.9 Å². The molecule has 1 aromatic carbocycles. The summed E-state index contributed by atoms with van der Waals surface area (Å²) in [5.41, 5.74) is 1.34. The number of aryl methyl sites for hydroxylation is 1. The maximum absolute atomic E-state index is 12.6. The third kappa shape index (κ3) is 6.09. The van der Waals surface area contributed by atoms with Gasteiger partial charge in [-0.1, -0.05) is 51.7 Å². The zero-order chi connectivity index (χ0) is 19.1. The molecule has 2 heteroatoms. The molecule has 0 bridgehead atoms. The molecule has 0 aliphatic heterocycles. The first-order valence-electron chi connectivity index (χ1n) is 11.5.